The van der Waals surface area contributed by atoms with Crippen molar-refractivity contribution in [1.82, 2.24) is 26.3 Å². The van der Waals surface area contributed by atoms with Crippen molar-refractivity contribution in [3.05, 3.63) is 29.3 Å². The summed E-state index contributed by atoms with van der Waals surface area (Å²) in [5.74, 6) is -1.81. The van der Waals surface area contributed by atoms with Gasteiger partial charge in [0.15, 0.2) is 5.84 Å². The fraction of sp³-hybridized carbons (Fsp3) is 0.565. The summed E-state index contributed by atoms with van der Waals surface area (Å²) in [4.78, 5) is 39.3. The highest BCUT2D eigenvalue weighted by Gasteiger charge is 2.38. The van der Waals surface area contributed by atoms with Crippen molar-refractivity contribution in [1.29, 1.82) is 0 Å². The van der Waals surface area contributed by atoms with Crippen LogP contribution in [0.5, 0.6) is 5.75 Å². The third-order valence-corrected chi connectivity index (χ3v) is 6.17. The fourth-order valence-electron chi connectivity index (χ4n) is 3.96. The maximum absolute atomic E-state index is 12.7. The first-order chi connectivity index (χ1) is 17.7. The molecule has 2 aliphatic heterocycles. The second-order valence-corrected chi connectivity index (χ2v) is 9.09. The fourth-order valence-corrected chi connectivity index (χ4v) is 3.96. The third-order valence-electron chi connectivity index (χ3n) is 6.17. The lowest BCUT2D eigenvalue weighted by Crippen LogP contribution is -2.54. The number of carbonyl (C=O) groups excluding carboxylic acids is 3. The van der Waals surface area contributed by atoms with Crippen molar-refractivity contribution < 1.29 is 33.5 Å². The molecule has 0 radical (unpaired) electrons. The van der Waals surface area contributed by atoms with Gasteiger partial charge in [0, 0.05) is 6.54 Å². The summed E-state index contributed by atoms with van der Waals surface area (Å²) in [7, 11) is 2.51. The zero-order chi connectivity index (χ0) is 26.9. The van der Waals surface area contributed by atoms with Gasteiger partial charge in [-0.2, -0.15) is 0 Å². The largest absolute Gasteiger partial charge is 0.547 e. The summed E-state index contributed by atoms with van der Waals surface area (Å²) < 4.78 is 15.8. The number of ether oxygens (including phenoxy) is 2. The van der Waals surface area contributed by atoms with Crippen LogP contribution in [0, 0.1) is 5.92 Å². The van der Waals surface area contributed by atoms with Crippen LogP contribution in [0.3, 0.4) is 0 Å². The van der Waals surface area contributed by atoms with Gasteiger partial charge in [-0.25, -0.2) is 10.3 Å². The number of nitrogens with zero attached hydrogens (tertiary/aromatic N) is 3. The van der Waals surface area contributed by atoms with Gasteiger partial charge in [0.2, 0.25) is 12.7 Å². The molecule has 0 unspecified atom stereocenters. The van der Waals surface area contributed by atoms with E-state index in [0.717, 1.165) is 6.54 Å². The number of benzene rings is 1. The molecule has 1 atom stereocenters. The molecule has 2 heterocycles. The second-order valence-electron chi connectivity index (χ2n) is 9.09. The van der Waals surface area contributed by atoms with Crippen LogP contribution in [0.15, 0.2) is 23.3 Å². The van der Waals surface area contributed by atoms with Crippen LogP contribution in [-0.2, 0) is 25.5 Å². The van der Waals surface area contributed by atoms with Gasteiger partial charge in [0.1, 0.15) is 11.3 Å². The second kappa shape index (κ2) is 13.3. The average Bonchev–Trinajstić information content (AvgIpc) is 3.30. The maximum Gasteiger partial charge on any atom is 0.547 e. The van der Waals surface area contributed by atoms with Crippen LogP contribution in [0.4, 0.5) is 0 Å². The molecule has 4 N–H and O–H groups in total. The van der Waals surface area contributed by atoms with Crippen molar-refractivity contribution in [2.45, 2.75) is 45.5 Å². The van der Waals surface area contributed by atoms with Gasteiger partial charge >= 0.3 is 19.1 Å². The number of hydrazone groups is 1. The molecule has 0 fully saturated rings. The lowest BCUT2D eigenvalue weighted by molar-refractivity contribution is -0.157. The Morgan fingerprint density at radius 3 is 2.76 bits per heavy atom. The molecule has 0 spiro atoms. The van der Waals surface area contributed by atoms with E-state index in [1.54, 1.807) is 17.1 Å². The molecule has 0 bridgehead atoms. The van der Waals surface area contributed by atoms with E-state index in [9.17, 15) is 19.4 Å². The predicted octanol–water partition coefficient (Wildman–Crippen LogP) is -0.190. The molecule has 1 amide bonds. The Morgan fingerprint density at radius 1 is 1.30 bits per heavy atom. The normalized spacial score (nSPS) is 16.6. The van der Waals surface area contributed by atoms with Crippen LogP contribution in [-0.4, -0.2) is 85.7 Å². The zero-order valence-electron chi connectivity index (χ0n) is 21.7. The summed E-state index contributed by atoms with van der Waals surface area (Å²) >= 11 is 0. The van der Waals surface area contributed by atoms with Crippen LogP contribution < -0.4 is 21.0 Å². The molecule has 0 aliphatic carbocycles. The third kappa shape index (κ3) is 7.57. The van der Waals surface area contributed by atoms with Crippen LogP contribution in [0.2, 0.25) is 0 Å². The van der Waals surface area contributed by atoms with Gasteiger partial charge in [-0.15, -0.1) is 10.6 Å². The number of amidine groups is 1. The number of esters is 2. The minimum absolute atomic E-state index is 0.00842. The van der Waals surface area contributed by atoms with E-state index in [1.165, 1.54) is 6.07 Å². The van der Waals surface area contributed by atoms with E-state index in [-0.39, 0.29) is 36.0 Å². The molecule has 0 aromatic heterocycles. The Labute approximate surface area is 216 Å². The highest BCUT2D eigenvalue weighted by atomic mass is 16.7. The summed E-state index contributed by atoms with van der Waals surface area (Å²) in [6, 6.07) is 4.89. The molecular formula is C23H35BN6O7. The number of nitrogens with one attached hydrogen (secondary N) is 3. The quantitative estimate of drug-likeness (QED) is 0.165. The Morgan fingerprint density at radius 2 is 2.05 bits per heavy atom. The molecule has 0 saturated heterocycles. The van der Waals surface area contributed by atoms with Crippen LogP contribution in [0.1, 0.15) is 49.0 Å². The predicted molar refractivity (Wildman–Crippen MR) is 135 cm³/mol. The Kier molecular flexibility index (Phi) is 10.1. The van der Waals surface area contributed by atoms with Gasteiger partial charge in [-0.05, 0) is 45.0 Å². The Hall–Kier alpha value is -3.36. The summed E-state index contributed by atoms with van der Waals surface area (Å²) in [6.45, 7) is 4.62. The van der Waals surface area contributed by atoms with Gasteiger partial charge in [0.25, 0.3) is 0 Å². The number of para-hydroxylation sites is 1. The van der Waals surface area contributed by atoms with Crippen molar-refractivity contribution in [3.8, 4) is 5.75 Å². The number of hydrazine groups is 2. The van der Waals surface area contributed by atoms with Crippen molar-refractivity contribution >= 4 is 30.8 Å². The van der Waals surface area contributed by atoms with E-state index in [0.29, 0.717) is 30.8 Å². The molecule has 37 heavy (non-hydrogen) atoms. The number of likely N-dealkylation sites (N-methyl/N-ethyl adjacent to an activating group) is 1. The number of hydrogen-bond donors (Lipinski definition) is 4. The first kappa shape index (κ1) is 28.2. The zero-order valence-corrected chi connectivity index (χ0v) is 21.7. The molecule has 14 heteroatoms. The van der Waals surface area contributed by atoms with E-state index < -0.39 is 31.8 Å². The van der Waals surface area contributed by atoms with Crippen molar-refractivity contribution in [2.24, 2.45) is 11.0 Å². The molecule has 202 valence electrons. The minimum Gasteiger partial charge on any atom is -0.534 e. The Bertz CT molecular complexity index is 1000. The maximum atomic E-state index is 12.7. The van der Waals surface area contributed by atoms with Gasteiger partial charge in [-0.1, -0.05) is 26.0 Å². The van der Waals surface area contributed by atoms with Crippen LogP contribution in [0.25, 0.3) is 0 Å². The van der Waals surface area contributed by atoms with Gasteiger partial charge in [-0.3, -0.25) is 14.6 Å². The Balaban J connectivity index is 1.56. The molecular weight excluding hydrogens is 483 g/mol. The van der Waals surface area contributed by atoms with Gasteiger partial charge in [0.05, 0.1) is 24.8 Å². The lowest BCUT2D eigenvalue weighted by atomic mass is 9.72. The molecule has 1 aromatic carbocycles. The smallest absolute Gasteiger partial charge is 0.534 e. The standard InChI is InChI=1S/C23H35BN6O7/c1-5-15(6-2)22(32)35-14-36-23(33)17-9-7-8-16-12-18(24(34)37-21(16)17)25-20(31)13-19-26-27-28-30(19)11-10-29(3)4/h7-9,15,18,27-28,34H,5-6,10-14H2,1-4H3,(H,25,31)/t18-/m0/s1. The first-order valence-corrected chi connectivity index (χ1v) is 12.3. The van der Waals surface area contributed by atoms with Gasteiger partial charge < -0.3 is 29.4 Å². The highest BCUT2D eigenvalue weighted by molar-refractivity contribution is 6.47. The molecule has 1 aromatic rings. The summed E-state index contributed by atoms with van der Waals surface area (Å²) in [5, 5.41) is 19.2. The SMILES string of the molecule is CCC(CC)C(=O)OCOC(=O)c1cccc2c1OB(O)[C@@H](NC(=O)CC1=NNNN1CCN(C)C)C2. The van der Waals surface area contributed by atoms with Crippen LogP contribution >= 0.6 is 0 Å². The summed E-state index contributed by atoms with van der Waals surface area (Å²) in [5.41, 5.74) is 6.22. The highest BCUT2D eigenvalue weighted by Crippen LogP contribution is 2.30. The van der Waals surface area contributed by atoms with E-state index in [4.69, 9.17) is 14.1 Å². The molecule has 3 rings (SSSR count). The van der Waals surface area contributed by atoms with E-state index in [1.807, 2.05) is 32.8 Å². The number of rotatable bonds is 12. The summed E-state index contributed by atoms with van der Waals surface area (Å²) in [6.07, 6.45) is 1.50. The molecule has 2 aliphatic rings. The number of fused-ring (bicyclic) bond motifs is 1. The topological polar surface area (TPSA) is 154 Å². The lowest BCUT2D eigenvalue weighted by Gasteiger charge is -2.29. The number of carbonyl (C=O) groups is 3. The van der Waals surface area contributed by atoms with E-state index >= 15 is 0 Å². The minimum atomic E-state index is -1.38. The average molecular weight is 518 g/mol. The monoisotopic (exact) mass is 518 g/mol. The number of amides is 1. The molecule has 0 saturated carbocycles. The van der Waals surface area contributed by atoms with Crippen molar-refractivity contribution in [2.75, 3.05) is 34.0 Å². The number of hydrogen-bond acceptors (Lipinski definition) is 12. The van der Waals surface area contributed by atoms with E-state index in [2.05, 4.69) is 21.5 Å². The van der Waals surface area contributed by atoms with Crippen molar-refractivity contribution in [3.63, 3.8) is 0 Å². The first-order valence-electron chi connectivity index (χ1n) is 12.3. The molecule has 13 nitrogen and oxygen atoms in total.